The lowest BCUT2D eigenvalue weighted by molar-refractivity contribution is -0.124. The molecule has 2 amide bonds. The van der Waals surface area contributed by atoms with E-state index in [9.17, 15) is 9.59 Å². The van der Waals surface area contributed by atoms with Crippen molar-refractivity contribution >= 4 is 57.6 Å². The van der Waals surface area contributed by atoms with Gasteiger partial charge in [-0.2, -0.15) is 0 Å². The van der Waals surface area contributed by atoms with E-state index in [1.807, 2.05) is 31.2 Å². The minimum Gasteiger partial charge on any atom is -0.324 e. The molecule has 6 nitrogen and oxygen atoms in total. The first-order valence-corrected chi connectivity index (χ1v) is 11.1. The van der Waals surface area contributed by atoms with Gasteiger partial charge in [0.25, 0.3) is 5.91 Å². The molecule has 30 heavy (non-hydrogen) atoms. The summed E-state index contributed by atoms with van der Waals surface area (Å²) in [6.45, 7) is 3.81. The van der Waals surface area contributed by atoms with Gasteiger partial charge in [-0.1, -0.05) is 61.0 Å². The maximum atomic E-state index is 13.0. The van der Waals surface area contributed by atoms with Gasteiger partial charge in [0.05, 0.1) is 21.6 Å². The molecule has 2 aromatic rings. The number of carbonyl (C=O) groups is 2. The molecule has 0 fully saturated rings. The molecule has 2 heterocycles. The molecular weight excluding hydrogens is 420 g/mol. The van der Waals surface area contributed by atoms with Gasteiger partial charge in [0.15, 0.2) is 5.17 Å². The number of amides is 2. The fourth-order valence-electron chi connectivity index (χ4n) is 3.35. The van der Waals surface area contributed by atoms with Crippen LogP contribution in [0, 0.1) is 0 Å². The second kappa shape index (κ2) is 8.62. The molecule has 154 valence electrons. The number of amidine groups is 2. The van der Waals surface area contributed by atoms with Crippen LogP contribution in [-0.4, -0.2) is 39.0 Å². The Kier molecular flexibility index (Phi) is 5.92. The molecule has 8 heteroatoms. The molecule has 0 radical (unpaired) electrons. The summed E-state index contributed by atoms with van der Waals surface area (Å²) in [5.74, 6) is 0.307. The molecular formula is C22H21ClN4O2S. The molecule has 0 aliphatic carbocycles. The van der Waals surface area contributed by atoms with Crippen molar-refractivity contribution in [2.75, 3.05) is 5.32 Å². The first-order chi connectivity index (χ1) is 14.5. The molecule has 0 saturated carbocycles. The van der Waals surface area contributed by atoms with Gasteiger partial charge < -0.3 is 5.32 Å². The number of hydrogen-bond donors (Lipinski definition) is 1. The highest BCUT2D eigenvalue weighted by Gasteiger charge is 2.41. The van der Waals surface area contributed by atoms with Gasteiger partial charge in [-0.3, -0.25) is 14.6 Å². The van der Waals surface area contributed by atoms with Crippen LogP contribution in [0.5, 0.6) is 0 Å². The maximum absolute atomic E-state index is 13.0. The fraction of sp³-hybridized carbons (Fsp3) is 0.273. The van der Waals surface area contributed by atoms with E-state index in [1.165, 1.54) is 11.8 Å². The van der Waals surface area contributed by atoms with Gasteiger partial charge in [-0.15, -0.1) is 0 Å². The number of fused-ring (bicyclic) bond motifs is 3. The second-order valence-corrected chi connectivity index (χ2v) is 8.79. The zero-order valence-corrected chi connectivity index (χ0v) is 18.2. The Morgan fingerprint density at radius 2 is 1.97 bits per heavy atom. The van der Waals surface area contributed by atoms with Gasteiger partial charge in [0.1, 0.15) is 11.9 Å². The van der Waals surface area contributed by atoms with Gasteiger partial charge in [-0.05, 0) is 37.6 Å². The van der Waals surface area contributed by atoms with E-state index in [-0.39, 0.29) is 11.8 Å². The normalized spacial score (nSPS) is 18.3. The number of thioether (sulfide) groups is 1. The number of aliphatic imine (C=N–C) groups is 2. The average Bonchev–Trinajstić information content (AvgIpc) is 3.07. The van der Waals surface area contributed by atoms with Crippen molar-refractivity contribution in [2.45, 2.75) is 38.0 Å². The van der Waals surface area contributed by atoms with E-state index in [1.54, 1.807) is 36.1 Å². The highest BCUT2D eigenvalue weighted by Crippen LogP contribution is 2.35. The Bertz CT molecular complexity index is 1070. The Balaban J connectivity index is 1.59. The number of benzene rings is 2. The van der Waals surface area contributed by atoms with Crippen LogP contribution in [0.15, 0.2) is 58.5 Å². The quantitative estimate of drug-likeness (QED) is 0.721. The summed E-state index contributed by atoms with van der Waals surface area (Å²) in [4.78, 5) is 36.7. The Morgan fingerprint density at radius 3 is 2.73 bits per heavy atom. The smallest absolute Gasteiger partial charge is 0.259 e. The van der Waals surface area contributed by atoms with E-state index < -0.39 is 11.3 Å². The molecule has 2 atom stereocenters. The summed E-state index contributed by atoms with van der Waals surface area (Å²) in [6, 6.07) is 14.3. The fourth-order valence-corrected chi connectivity index (χ4v) is 4.45. The number of rotatable bonds is 5. The number of para-hydroxylation sites is 2. The third kappa shape index (κ3) is 3.87. The number of hydrogen-bond acceptors (Lipinski definition) is 5. The summed E-state index contributed by atoms with van der Waals surface area (Å²) >= 11 is 7.38. The summed E-state index contributed by atoms with van der Waals surface area (Å²) in [7, 11) is 0. The monoisotopic (exact) mass is 440 g/mol. The van der Waals surface area contributed by atoms with E-state index in [4.69, 9.17) is 11.6 Å². The Hall–Kier alpha value is -2.64. The molecule has 4 rings (SSSR count). The zero-order valence-electron chi connectivity index (χ0n) is 16.6. The minimum absolute atomic E-state index is 0.0914. The van der Waals surface area contributed by atoms with Gasteiger partial charge in [-0.25, -0.2) is 9.89 Å². The summed E-state index contributed by atoms with van der Waals surface area (Å²) in [6.07, 6.45) is 1.54. The van der Waals surface area contributed by atoms with Crippen LogP contribution in [0.4, 0.5) is 11.4 Å². The molecule has 0 saturated heterocycles. The predicted octanol–water partition coefficient (Wildman–Crippen LogP) is 4.86. The number of carbonyl (C=O) groups excluding carboxylic acids is 2. The lowest BCUT2D eigenvalue weighted by Crippen LogP contribution is -2.42. The van der Waals surface area contributed by atoms with Gasteiger partial charge >= 0.3 is 0 Å². The minimum atomic E-state index is -0.496. The van der Waals surface area contributed by atoms with E-state index in [0.717, 1.165) is 17.7 Å². The lowest BCUT2D eigenvalue weighted by Gasteiger charge is -2.27. The summed E-state index contributed by atoms with van der Waals surface area (Å²) in [5, 5.41) is 3.28. The van der Waals surface area contributed by atoms with E-state index in [0.29, 0.717) is 28.1 Å². The van der Waals surface area contributed by atoms with Crippen LogP contribution in [0.1, 0.15) is 32.3 Å². The number of anilines is 1. The molecule has 2 aliphatic heterocycles. The molecule has 1 N–H and O–H groups in total. The highest BCUT2D eigenvalue weighted by molar-refractivity contribution is 8.15. The summed E-state index contributed by atoms with van der Waals surface area (Å²) < 4.78 is 0. The Labute approximate surface area is 184 Å². The predicted molar refractivity (Wildman–Crippen MR) is 123 cm³/mol. The molecule has 0 aromatic heterocycles. The van der Waals surface area contributed by atoms with Crippen molar-refractivity contribution < 1.29 is 9.59 Å². The van der Waals surface area contributed by atoms with Crippen LogP contribution in [0.2, 0.25) is 5.02 Å². The standard InChI is InChI=1S/C22H21ClN4O2S/c1-3-8-18-21(29)27-19(24-18)14-9-4-6-11-16(14)26-22(27)30-13(2)20(28)25-17-12-7-5-10-15(17)23/h4-7,9-13,18H,3,8H2,1-2H3,(H,25,28). The van der Waals surface area contributed by atoms with Crippen LogP contribution < -0.4 is 5.32 Å². The third-order valence-corrected chi connectivity index (χ3v) is 6.27. The number of nitrogens with zero attached hydrogens (tertiary/aromatic N) is 3. The molecule has 2 aromatic carbocycles. The van der Waals surface area contributed by atoms with Crippen LogP contribution in [0.3, 0.4) is 0 Å². The largest absolute Gasteiger partial charge is 0.324 e. The molecule has 0 spiro atoms. The second-order valence-electron chi connectivity index (χ2n) is 7.07. The van der Waals surface area contributed by atoms with Gasteiger partial charge in [0, 0.05) is 5.56 Å². The summed E-state index contributed by atoms with van der Waals surface area (Å²) in [5.41, 5.74) is 2.13. The maximum Gasteiger partial charge on any atom is 0.259 e. The van der Waals surface area contributed by atoms with Crippen molar-refractivity contribution in [3.8, 4) is 0 Å². The average molecular weight is 441 g/mol. The third-order valence-electron chi connectivity index (χ3n) is 4.89. The first kappa shape index (κ1) is 20.6. The van der Waals surface area contributed by atoms with Crippen molar-refractivity contribution in [1.82, 2.24) is 4.90 Å². The van der Waals surface area contributed by atoms with Crippen molar-refractivity contribution in [3.05, 3.63) is 59.1 Å². The highest BCUT2D eigenvalue weighted by atomic mass is 35.5. The van der Waals surface area contributed by atoms with Crippen molar-refractivity contribution in [1.29, 1.82) is 0 Å². The zero-order chi connectivity index (χ0) is 21.3. The molecule has 2 aliphatic rings. The van der Waals surface area contributed by atoms with E-state index >= 15 is 0 Å². The molecule has 0 bridgehead atoms. The molecule has 2 unspecified atom stereocenters. The topological polar surface area (TPSA) is 74.1 Å². The Morgan fingerprint density at radius 1 is 1.23 bits per heavy atom. The van der Waals surface area contributed by atoms with Crippen molar-refractivity contribution in [2.24, 2.45) is 9.98 Å². The van der Waals surface area contributed by atoms with Crippen LogP contribution in [0.25, 0.3) is 0 Å². The van der Waals surface area contributed by atoms with Crippen LogP contribution in [-0.2, 0) is 9.59 Å². The lowest BCUT2D eigenvalue weighted by atomic mass is 10.1. The number of halogens is 1. The van der Waals surface area contributed by atoms with Crippen LogP contribution >= 0.6 is 23.4 Å². The number of nitrogens with one attached hydrogen (secondary N) is 1. The van der Waals surface area contributed by atoms with Gasteiger partial charge in [0.2, 0.25) is 5.91 Å². The van der Waals surface area contributed by atoms with Crippen molar-refractivity contribution in [3.63, 3.8) is 0 Å². The first-order valence-electron chi connectivity index (χ1n) is 9.81. The SMILES string of the molecule is CCCC1N=C2c3ccccc3N=C(SC(C)C(=O)Nc3ccccc3Cl)N2C1=O. The van der Waals surface area contributed by atoms with E-state index in [2.05, 4.69) is 15.3 Å².